The molecule has 2 amide bonds. The number of hydrogen-bond donors (Lipinski definition) is 0. The molecule has 0 saturated heterocycles. The van der Waals surface area contributed by atoms with Gasteiger partial charge < -0.3 is 4.74 Å². The summed E-state index contributed by atoms with van der Waals surface area (Å²) in [5.41, 5.74) is 0. The van der Waals surface area contributed by atoms with Crippen LogP contribution in [0.3, 0.4) is 0 Å². The molecule has 0 atom stereocenters. The van der Waals surface area contributed by atoms with Crippen LogP contribution in [0.25, 0.3) is 0 Å². The van der Waals surface area contributed by atoms with E-state index in [1.165, 1.54) is 0 Å². The molecule has 0 aliphatic carbocycles. The van der Waals surface area contributed by atoms with Crippen LogP contribution in [0.2, 0.25) is 0 Å². The highest BCUT2D eigenvalue weighted by Gasteiger charge is 1.98. The normalized spacial score (nSPS) is 10.0. The van der Waals surface area contributed by atoms with Crippen molar-refractivity contribution >= 4 is 23.1 Å². The van der Waals surface area contributed by atoms with Gasteiger partial charge in [0.2, 0.25) is 0 Å². The molecule has 0 N–H and O–H groups in total. The third-order valence-electron chi connectivity index (χ3n) is 0.656. The zero-order chi connectivity index (χ0) is 8.69. The van der Waals surface area contributed by atoms with E-state index < -0.39 is 11.3 Å². The number of amides is 2. The van der Waals surface area contributed by atoms with Crippen molar-refractivity contribution in [3.63, 3.8) is 0 Å². The molecule has 0 aromatic rings. The first kappa shape index (κ1) is 10.1. The molecule has 0 heterocycles. The van der Waals surface area contributed by atoms with Crippen molar-refractivity contribution in [1.29, 1.82) is 0 Å². The Morgan fingerprint density at radius 1 is 1.45 bits per heavy atom. The van der Waals surface area contributed by atoms with Gasteiger partial charge in [0.05, 0.1) is 6.61 Å². The lowest BCUT2D eigenvalue weighted by Gasteiger charge is -1.90. The predicted molar refractivity (Wildman–Crippen MR) is 40.8 cm³/mol. The van der Waals surface area contributed by atoms with Crippen molar-refractivity contribution in [2.45, 2.75) is 6.92 Å². The van der Waals surface area contributed by atoms with Crippen LogP contribution in [0, 0.1) is 0 Å². The van der Waals surface area contributed by atoms with Gasteiger partial charge >= 0.3 is 11.3 Å². The lowest BCUT2D eigenvalue weighted by molar-refractivity contribution is 0.161. The van der Waals surface area contributed by atoms with Crippen LogP contribution in [-0.2, 0) is 4.74 Å². The highest BCUT2D eigenvalue weighted by Crippen LogP contribution is 1.98. The minimum absolute atomic E-state index is 0.227. The molecule has 62 valence electrons. The Labute approximate surface area is 68.2 Å². The molecular formula is C5H8N2O3S. The number of carbonyl (C=O) groups excluding carboxylic acids is 2. The standard InChI is InChI=1S/C5H8N2O3S/c1-3-10-4(8)6-7-5(9)11-2/h3H2,1-2H3. The van der Waals surface area contributed by atoms with Gasteiger partial charge in [0.1, 0.15) is 0 Å². The second kappa shape index (κ2) is 5.84. The largest absolute Gasteiger partial charge is 0.452 e. The first-order valence-electron chi connectivity index (χ1n) is 2.87. The number of thioether (sulfide) groups is 1. The van der Waals surface area contributed by atoms with E-state index in [1.807, 2.05) is 0 Å². The average molecular weight is 176 g/mol. The van der Waals surface area contributed by atoms with Crippen molar-refractivity contribution in [3.8, 4) is 0 Å². The molecule has 0 radical (unpaired) electrons. The molecule has 6 heteroatoms. The summed E-state index contributed by atoms with van der Waals surface area (Å²) in [6.45, 7) is 1.87. The predicted octanol–water partition coefficient (Wildman–Crippen LogP) is 2.08. The third-order valence-corrected chi connectivity index (χ3v) is 1.09. The van der Waals surface area contributed by atoms with E-state index in [-0.39, 0.29) is 6.61 Å². The Hall–Kier alpha value is -0.910. The molecule has 0 bridgehead atoms. The van der Waals surface area contributed by atoms with Gasteiger partial charge in [-0.25, -0.2) is 4.79 Å². The van der Waals surface area contributed by atoms with E-state index in [4.69, 9.17) is 0 Å². The second-order valence-corrected chi connectivity index (χ2v) is 2.13. The molecule has 0 aromatic carbocycles. The van der Waals surface area contributed by atoms with Gasteiger partial charge in [0, 0.05) is 0 Å². The first-order chi connectivity index (χ1) is 5.20. The van der Waals surface area contributed by atoms with E-state index in [2.05, 4.69) is 15.0 Å². The van der Waals surface area contributed by atoms with Crippen LogP contribution in [0.1, 0.15) is 6.92 Å². The Morgan fingerprint density at radius 3 is 2.55 bits per heavy atom. The molecule has 0 aromatic heterocycles. The van der Waals surface area contributed by atoms with Crippen LogP contribution in [0.4, 0.5) is 9.59 Å². The van der Waals surface area contributed by atoms with Crippen LogP contribution < -0.4 is 0 Å². The SMILES string of the molecule is CCOC(=O)N=NC(=O)SC. The van der Waals surface area contributed by atoms with Gasteiger partial charge in [-0.15, -0.1) is 0 Å². The molecule has 0 aliphatic rings. The summed E-state index contributed by atoms with van der Waals surface area (Å²) in [5, 5.41) is 5.50. The van der Waals surface area contributed by atoms with Crippen LogP contribution in [0.5, 0.6) is 0 Å². The monoisotopic (exact) mass is 176 g/mol. The zero-order valence-electron chi connectivity index (χ0n) is 6.23. The van der Waals surface area contributed by atoms with Gasteiger partial charge in [-0.2, -0.15) is 0 Å². The summed E-state index contributed by atoms with van der Waals surface area (Å²) in [4.78, 5) is 20.8. The van der Waals surface area contributed by atoms with E-state index in [9.17, 15) is 9.59 Å². The fourth-order valence-corrected chi connectivity index (χ4v) is 0.397. The lowest BCUT2D eigenvalue weighted by Crippen LogP contribution is -1.96. The lowest BCUT2D eigenvalue weighted by atomic mass is 10.9. The van der Waals surface area contributed by atoms with E-state index in [0.29, 0.717) is 0 Å². The highest BCUT2D eigenvalue weighted by atomic mass is 32.2. The summed E-state index contributed by atoms with van der Waals surface area (Å²) in [5.74, 6) is 0. The van der Waals surface area contributed by atoms with Gasteiger partial charge in [-0.3, -0.25) is 4.79 Å². The summed E-state index contributed by atoms with van der Waals surface area (Å²) in [6.07, 6.45) is 0.710. The summed E-state index contributed by atoms with van der Waals surface area (Å²) < 4.78 is 4.38. The van der Waals surface area contributed by atoms with E-state index in [1.54, 1.807) is 13.2 Å². The van der Waals surface area contributed by atoms with Crippen molar-refractivity contribution < 1.29 is 14.3 Å². The molecule has 11 heavy (non-hydrogen) atoms. The van der Waals surface area contributed by atoms with Crippen molar-refractivity contribution in [1.82, 2.24) is 0 Å². The summed E-state index contributed by atoms with van der Waals surface area (Å²) in [6, 6.07) is 0. The van der Waals surface area contributed by atoms with Gasteiger partial charge in [-0.05, 0) is 13.2 Å². The number of azo groups is 1. The van der Waals surface area contributed by atoms with Gasteiger partial charge in [0.25, 0.3) is 0 Å². The fourth-order valence-electron chi connectivity index (χ4n) is 0.275. The van der Waals surface area contributed by atoms with Crippen molar-refractivity contribution in [2.24, 2.45) is 10.2 Å². The first-order valence-corrected chi connectivity index (χ1v) is 4.09. The van der Waals surface area contributed by atoms with Crippen LogP contribution >= 0.6 is 11.8 Å². The molecule has 0 rings (SSSR count). The third kappa shape index (κ3) is 5.53. The quantitative estimate of drug-likeness (QED) is 0.573. The fraction of sp³-hybridized carbons (Fsp3) is 0.600. The zero-order valence-corrected chi connectivity index (χ0v) is 7.05. The molecule has 0 saturated carbocycles. The molecular weight excluding hydrogens is 168 g/mol. The summed E-state index contributed by atoms with van der Waals surface area (Å²) >= 11 is 0.878. The molecule has 0 fully saturated rings. The molecule has 5 nitrogen and oxygen atoms in total. The molecule has 0 spiro atoms. The molecule has 0 aliphatic heterocycles. The number of rotatable bonds is 1. The number of nitrogens with zero attached hydrogens (tertiary/aromatic N) is 2. The number of carbonyl (C=O) groups is 2. The highest BCUT2D eigenvalue weighted by molar-refractivity contribution is 8.13. The Bertz CT molecular complexity index is 181. The maximum atomic E-state index is 10.4. The maximum Gasteiger partial charge on any atom is 0.452 e. The minimum Gasteiger partial charge on any atom is -0.447 e. The topological polar surface area (TPSA) is 68.1 Å². The Kier molecular flexibility index (Phi) is 5.36. The van der Waals surface area contributed by atoms with Gasteiger partial charge in [-0.1, -0.05) is 22.0 Å². The minimum atomic E-state index is -0.838. The van der Waals surface area contributed by atoms with Crippen molar-refractivity contribution in [2.75, 3.05) is 12.9 Å². The summed E-state index contributed by atoms with van der Waals surface area (Å²) in [7, 11) is 0. The smallest absolute Gasteiger partial charge is 0.447 e. The molecule has 0 unspecified atom stereocenters. The number of ether oxygens (including phenoxy) is 1. The van der Waals surface area contributed by atoms with E-state index >= 15 is 0 Å². The van der Waals surface area contributed by atoms with E-state index in [0.717, 1.165) is 11.8 Å². The Morgan fingerprint density at radius 2 is 2.09 bits per heavy atom. The number of hydrogen-bond acceptors (Lipinski definition) is 4. The maximum absolute atomic E-state index is 10.4. The van der Waals surface area contributed by atoms with Crippen molar-refractivity contribution in [3.05, 3.63) is 0 Å². The Balaban J connectivity index is 3.73. The van der Waals surface area contributed by atoms with Gasteiger partial charge in [0.15, 0.2) is 0 Å². The second-order valence-electron chi connectivity index (χ2n) is 1.37. The average Bonchev–Trinajstić information content (AvgIpc) is 2.01. The van der Waals surface area contributed by atoms with Crippen LogP contribution in [0.15, 0.2) is 10.2 Å². The van der Waals surface area contributed by atoms with Crippen LogP contribution in [-0.4, -0.2) is 24.2 Å².